The largest absolute Gasteiger partial charge is 0.315 e. The number of hydrogen-bond acceptors (Lipinski definition) is 2. The summed E-state index contributed by atoms with van der Waals surface area (Å²) in [5.41, 5.74) is 0. The maximum Gasteiger partial charge on any atom is 0.00674 e. The van der Waals surface area contributed by atoms with E-state index < -0.39 is 0 Å². The predicted octanol–water partition coefficient (Wildman–Crippen LogP) is 2.89. The standard InChI is InChI=1S/C14H30N2/c1-5-16(11-14-8-9-14)13(4)7-6-10-15-12(2)3/h12-15H,5-11H2,1-4H3. The van der Waals surface area contributed by atoms with Crippen LogP contribution >= 0.6 is 0 Å². The van der Waals surface area contributed by atoms with Gasteiger partial charge in [-0.3, -0.25) is 0 Å². The van der Waals surface area contributed by atoms with Gasteiger partial charge in [0.15, 0.2) is 0 Å². The van der Waals surface area contributed by atoms with E-state index in [0.29, 0.717) is 6.04 Å². The summed E-state index contributed by atoms with van der Waals surface area (Å²) in [6.45, 7) is 12.9. The fourth-order valence-corrected chi connectivity index (χ4v) is 2.22. The van der Waals surface area contributed by atoms with Crippen molar-refractivity contribution in [3.8, 4) is 0 Å². The molecule has 0 aliphatic heterocycles. The molecule has 1 fully saturated rings. The molecule has 96 valence electrons. The van der Waals surface area contributed by atoms with Crippen molar-refractivity contribution < 1.29 is 0 Å². The van der Waals surface area contributed by atoms with Crippen LogP contribution in [0.25, 0.3) is 0 Å². The fourth-order valence-electron chi connectivity index (χ4n) is 2.22. The number of rotatable bonds is 9. The van der Waals surface area contributed by atoms with Gasteiger partial charge in [-0.05, 0) is 51.6 Å². The highest BCUT2D eigenvalue weighted by Gasteiger charge is 2.25. The second-order valence-electron chi connectivity index (χ2n) is 5.63. The zero-order chi connectivity index (χ0) is 12.0. The van der Waals surface area contributed by atoms with Crippen molar-refractivity contribution in [3.05, 3.63) is 0 Å². The Hall–Kier alpha value is -0.0800. The molecular formula is C14H30N2. The Morgan fingerprint density at radius 1 is 1.25 bits per heavy atom. The van der Waals surface area contributed by atoms with Gasteiger partial charge in [-0.2, -0.15) is 0 Å². The smallest absolute Gasteiger partial charge is 0.00674 e. The van der Waals surface area contributed by atoms with Crippen LogP contribution in [0.15, 0.2) is 0 Å². The first-order chi connectivity index (χ1) is 7.63. The predicted molar refractivity (Wildman–Crippen MR) is 71.8 cm³/mol. The molecule has 0 spiro atoms. The molecule has 1 N–H and O–H groups in total. The molecule has 0 amide bonds. The van der Waals surface area contributed by atoms with Gasteiger partial charge >= 0.3 is 0 Å². The highest BCUT2D eigenvalue weighted by molar-refractivity contribution is 4.79. The van der Waals surface area contributed by atoms with E-state index in [9.17, 15) is 0 Å². The van der Waals surface area contributed by atoms with E-state index in [4.69, 9.17) is 0 Å². The van der Waals surface area contributed by atoms with Gasteiger partial charge in [0.05, 0.1) is 0 Å². The molecule has 2 heteroatoms. The summed E-state index contributed by atoms with van der Waals surface area (Å²) in [6.07, 6.45) is 5.58. The summed E-state index contributed by atoms with van der Waals surface area (Å²) in [5.74, 6) is 1.02. The van der Waals surface area contributed by atoms with Crippen LogP contribution in [0.2, 0.25) is 0 Å². The third-order valence-electron chi connectivity index (χ3n) is 3.57. The molecule has 1 unspecified atom stereocenters. The molecule has 0 heterocycles. The minimum Gasteiger partial charge on any atom is -0.315 e. The minimum absolute atomic E-state index is 0.629. The molecule has 16 heavy (non-hydrogen) atoms. The van der Waals surface area contributed by atoms with E-state index in [1.807, 2.05) is 0 Å². The summed E-state index contributed by atoms with van der Waals surface area (Å²) in [5, 5.41) is 3.49. The Morgan fingerprint density at radius 2 is 1.94 bits per heavy atom. The second kappa shape index (κ2) is 7.29. The van der Waals surface area contributed by atoms with Crippen LogP contribution < -0.4 is 5.32 Å². The molecule has 0 bridgehead atoms. The van der Waals surface area contributed by atoms with Gasteiger partial charge in [0.2, 0.25) is 0 Å². The molecule has 2 nitrogen and oxygen atoms in total. The normalized spacial score (nSPS) is 18.4. The molecule has 0 radical (unpaired) electrons. The molecule has 0 aromatic carbocycles. The Kier molecular flexibility index (Phi) is 6.37. The van der Waals surface area contributed by atoms with Gasteiger partial charge < -0.3 is 10.2 Å². The lowest BCUT2D eigenvalue weighted by Gasteiger charge is -2.28. The maximum atomic E-state index is 3.49. The minimum atomic E-state index is 0.629. The van der Waals surface area contributed by atoms with Crippen LogP contribution in [0.4, 0.5) is 0 Å². The number of nitrogens with one attached hydrogen (secondary N) is 1. The first-order valence-corrected chi connectivity index (χ1v) is 7.11. The van der Waals surface area contributed by atoms with Gasteiger partial charge in [0.1, 0.15) is 0 Å². The Balaban J connectivity index is 2.08. The van der Waals surface area contributed by atoms with Crippen molar-refractivity contribution >= 4 is 0 Å². The van der Waals surface area contributed by atoms with Crippen molar-refractivity contribution in [1.82, 2.24) is 10.2 Å². The molecule has 1 atom stereocenters. The lowest BCUT2D eigenvalue weighted by Crippen LogP contribution is -2.35. The quantitative estimate of drug-likeness (QED) is 0.608. The van der Waals surface area contributed by atoms with E-state index >= 15 is 0 Å². The lowest BCUT2D eigenvalue weighted by atomic mass is 10.1. The van der Waals surface area contributed by atoms with Crippen LogP contribution in [0.5, 0.6) is 0 Å². The molecule has 0 aromatic rings. The maximum absolute atomic E-state index is 3.49. The first-order valence-electron chi connectivity index (χ1n) is 7.11. The lowest BCUT2D eigenvalue weighted by molar-refractivity contribution is 0.198. The van der Waals surface area contributed by atoms with Crippen molar-refractivity contribution in [1.29, 1.82) is 0 Å². The summed E-state index contributed by atoms with van der Waals surface area (Å²) in [4.78, 5) is 2.66. The number of hydrogen-bond donors (Lipinski definition) is 1. The zero-order valence-electron chi connectivity index (χ0n) is 11.6. The third-order valence-corrected chi connectivity index (χ3v) is 3.57. The highest BCUT2D eigenvalue weighted by Crippen LogP contribution is 2.30. The Bertz CT molecular complexity index is 176. The number of nitrogens with zero attached hydrogens (tertiary/aromatic N) is 1. The molecule has 1 rings (SSSR count). The third kappa shape index (κ3) is 5.86. The Morgan fingerprint density at radius 3 is 2.44 bits per heavy atom. The van der Waals surface area contributed by atoms with Crippen LogP contribution in [-0.2, 0) is 0 Å². The SMILES string of the molecule is CCN(CC1CC1)C(C)CCCNC(C)C. The van der Waals surface area contributed by atoms with Gasteiger partial charge in [-0.1, -0.05) is 20.8 Å². The van der Waals surface area contributed by atoms with Crippen LogP contribution in [0.3, 0.4) is 0 Å². The van der Waals surface area contributed by atoms with Crippen molar-refractivity contribution in [2.75, 3.05) is 19.6 Å². The molecule has 0 saturated heterocycles. The van der Waals surface area contributed by atoms with E-state index in [0.717, 1.165) is 12.0 Å². The topological polar surface area (TPSA) is 15.3 Å². The van der Waals surface area contributed by atoms with E-state index in [-0.39, 0.29) is 0 Å². The summed E-state index contributed by atoms with van der Waals surface area (Å²) in [7, 11) is 0. The van der Waals surface area contributed by atoms with Gasteiger partial charge in [0, 0.05) is 18.6 Å². The van der Waals surface area contributed by atoms with Crippen molar-refractivity contribution in [2.45, 2.75) is 65.5 Å². The fraction of sp³-hybridized carbons (Fsp3) is 1.00. The van der Waals surface area contributed by atoms with Crippen LogP contribution in [0.1, 0.15) is 53.4 Å². The summed E-state index contributed by atoms with van der Waals surface area (Å²) >= 11 is 0. The average molecular weight is 226 g/mol. The monoisotopic (exact) mass is 226 g/mol. The molecule has 1 aliphatic carbocycles. The van der Waals surface area contributed by atoms with E-state index in [1.54, 1.807) is 0 Å². The molecule has 1 aliphatic rings. The van der Waals surface area contributed by atoms with Gasteiger partial charge in [-0.25, -0.2) is 0 Å². The highest BCUT2D eigenvalue weighted by atomic mass is 15.1. The average Bonchev–Trinajstić information content (AvgIpc) is 3.04. The van der Waals surface area contributed by atoms with Crippen LogP contribution in [-0.4, -0.2) is 36.6 Å². The van der Waals surface area contributed by atoms with Crippen molar-refractivity contribution in [3.63, 3.8) is 0 Å². The molecule has 1 saturated carbocycles. The second-order valence-corrected chi connectivity index (χ2v) is 5.63. The molecule has 0 aromatic heterocycles. The van der Waals surface area contributed by atoms with E-state index in [2.05, 4.69) is 37.9 Å². The molecular weight excluding hydrogens is 196 g/mol. The summed E-state index contributed by atoms with van der Waals surface area (Å²) < 4.78 is 0. The van der Waals surface area contributed by atoms with Crippen LogP contribution in [0, 0.1) is 5.92 Å². The van der Waals surface area contributed by atoms with Crippen molar-refractivity contribution in [2.24, 2.45) is 5.92 Å². The van der Waals surface area contributed by atoms with Gasteiger partial charge in [0.25, 0.3) is 0 Å². The van der Waals surface area contributed by atoms with E-state index in [1.165, 1.54) is 45.3 Å². The summed E-state index contributed by atoms with van der Waals surface area (Å²) in [6, 6.07) is 1.39. The Labute approximate surface area is 102 Å². The zero-order valence-corrected chi connectivity index (χ0v) is 11.6. The first kappa shape index (κ1) is 14.0. The van der Waals surface area contributed by atoms with Gasteiger partial charge in [-0.15, -0.1) is 0 Å².